The first-order valence-electron chi connectivity index (χ1n) is 9.88. The summed E-state index contributed by atoms with van der Waals surface area (Å²) < 4.78 is 5.81. The highest BCUT2D eigenvalue weighted by molar-refractivity contribution is 6.31. The summed E-state index contributed by atoms with van der Waals surface area (Å²) in [6.07, 6.45) is 0.492. The van der Waals surface area contributed by atoms with Crippen LogP contribution in [0.2, 0.25) is 5.02 Å². The lowest BCUT2D eigenvalue weighted by molar-refractivity contribution is -0.142. The Morgan fingerprint density at radius 1 is 1.10 bits per heavy atom. The normalized spacial score (nSPS) is 11.6. The van der Waals surface area contributed by atoms with Crippen molar-refractivity contribution in [1.82, 2.24) is 10.2 Å². The molecule has 0 heterocycles. The molecule has 156 valence electrons. The SMILES string of the molecule is CCNC(=O)[C@H](CC)N(Cc1ccccc1Cl)C(=O)COc1cccc(C)c1C. The molecule has 2 aromatic rings. The van der Waals surface area contributed by atoms with Gasteiger partial charge < -0.3 is 15.0 Å². The molecule has 29 heavy (non-hydrogen) atoms. The van der Waals surface area contributed by atoms with Crippen molar-refractivity contribution in [1.29, 1.82) is 0 Å². The van der Waals surface area contributed by atoms with Gasteiger partial charge in [0.15, 0.2) is 6.61 Å². The molecule has 0 saturated heterocycles. The first-order chi connectivity index (χ1) is 13.9. The molecule has 1 N–H and O–H groups in total. The van der Waals surface area contributed by atoms with E-state index in [0.717, 1.165) is 16.7 Å². The van der Waals surface area contributed by atoms with Gasteiger partial charge in [0.05, 0.1) is 0 Å². The maximum Gasteiger partial charge on any atom is 0.261 e. The summed E-state index contributed by atoms with van der Waals surface area (Å²) in [4.78, 5) is 27.3. The molecule has 0 radical (unpaired) electrons. The summed E-state index contributed by atoms with van der Waals surface area (Å²) in [6.45, 7) is 8.29. The van der Waals surface area contributed by atoms with Crippen LogP contribution in [0, 0.1) is 13.8 Å². The number of carbonyl (C=O) groups excluding carboxylic acids is 2. The molecule has 0 aromatic heterocycles. The fourth-order valence-electron chi connectivity index (χ4n) is 3.12. The lowest BCUT2D eigenvalue weighted by atomic mass is 10.1. The van der Waals surface area contributed by atoms with Crippen LogP contribution in [-0.4, -0.2) is 35.9 Å². The first kappa shape index (κ1) is 22.8. The second-order valence-corrected chi connectivity index (χ2v) is 7.33. The number of halogens is 1. The largest absolute Gasteiger partial charge is 0.483 e. The minimum absolute atomic E-state index is 0.148. The van der Waals surface area contributed by atoms with E-state index in [1.807, 2.05) is 64.1 Å². The lowest BCUT2D eigenvalue weighted by Gasteiger charge is -2.30. The molecule has 1 atom stereocenters. The van der Waals surface area contributed by atoms with Crippen LogP contribution in [-0.2, 0) is 16.1 Å². The van der Waals surface area contributed by atoms with E-state index < -0.39 is 6.04 Å². The molecular weight excluding hydrogens is 388 g/mol. The van der Waals surface area contributed by atoms with E-state index in [2.05, 4.69) is 5.32 Å². The molecule has 0 saturated carbocycles. The Morgan fingerprint density at radius 3 is 2.48 bits per heavy atom. The first-order valence-corrected chi connectivity index (χ1v) is 10.3. The van der Waals surface area contributed by atoms with Crippen LogP contribution < -0.4 is 10.1 Å². The number of likely N-dealkylation sites (N-methyl/N-ethyl adjacent to an activating group) is 1. The number of hydrogen-bond donors (Lipinski definition) is 1. The summed E-state index contributed by atoms with van der Waals surface area (Å²) in [5.74, 6) is 0.230. The summed E-state index contributed by atoms with van der Waals surface area (Å²) in [6, 6.07) is 12.5. The van der Waals surface area contributed by atoms with Gasteiger partial charge in [-0.15, -0.1) is 0 Å². The molecular formula is C23H29ClN2O3. The van der Waals surface area contributed by atoms with Crippen molar-refractivity contribution in [3.63, 3.8) is 0 Å². The van der Waals surface area contributed by atoms with Gasteiger partial charge in [0, 0.05) is 18.1 Å². The molecule has 0 fully saturated rings. The molecule has 0 aliphatic carbocycles. The molecule has 0 aliphatic heterocycles. The summed E-state index contributed by atoms with van der Waals surface area (Å²) in [7, 11) is 0. The van der Waals surface area contributed by atoms with Crippen LogP contribution in [0.1, 0.15) is 37.0 Å². The van der Waals surface area contributed by atoms with Crippen LogP contribution in [0.15, 0.2) is 42.5 Å². The zero-order chi connectivity index (χ0) is 21.4. The average Bonchev–Trinajstić information content (AvgIpc) is 2.70. The van der Waals surface area contributed by atoms with Crippen molar-refractivity contribution in [3.8, 4) is 5.75 Å². The minimum atomic E-state index is -0.596. The molecule has 0 bridgehead atoms. The minimum Gasteiger partial charge on any atom is -0.483 e. The quantitative estimate of drug-likeness (QED) is 0.663. The molecule has 2 amide bonds. The highest BCUT2D eigenvalue weighted by Gasteiger charge is 2.29. The van der Waals surface area contributed by atoms with Crippen molar-refractivity contribution in [2.75, 3.05) is 13.2 Å². The number of ether oxygens (including phenoxy) is 1. The molecule has 0 unspecified atom stereocenters. The van der Waals surface area contributed by atoms with E-state index in [0.29, 0.717) is 23.7 Å². The van der Waals surface area contributed by atoms with Crippen molar-refractivity contribution >= 4 is 23.4 Å². The van der Waals surface area contributed by atoms with Gasteiger partial charge in [-0.1, -0.05) is 48.9 Å². The predicted octanol–water partition coefficient (Wildman–Crippen LogP) is 4.28. The number of amides is 2. The van der Waals surface area contributed by atoms with E-state index in [9.17, 15) is 9.59 Å². The van der Waals surface area contributed by atoms with Gasteiger partial charge >= 0.3 is 0 Å². The van der Waals surface area contributed by atoms with Gasteiger partial charge in [-0.2, -0.15) is 0 Å². The Labute approximate surface area is 178 Å². The number of rotatable bonds is 9. The topological polar surface area (TPSA) is 58.6 Å². The lowest BCUT2D eigenvalue weighted by Crippen LogP contribution is -2.50. The Bertz CT molecular complexity index is 854. The van der Waals surface area contributed by atoms with Gasteiger partial charge in [-0.3, -0.25) is 9.59 Å². The maximum atomic E-state index is 13.1. The highest BCUT2D eigenvalue weighted by atomic mass is 35.5. The molecule has 2 aromatic carbocycles. The van der Waals surface area contributed by atoms with Gasteiger partial charge in [0.25, 0.3) is 5.91 Å². The number of carbonyl (C=O) groups is 2. The monoisotopic (exact) mass is 416 g/mol. The number of hydrogen-bond acceptors (Lipinski definition) is 3. The van der Waals surface area contributed by atoms with Crippen molar-refractivity contribution in [2.45, 2.75) is 46.7 Å². The summed E-state index contributed by atoms with van der Waals surface area (Å²) in [5, 5.41) is 3.38. The zero-order valence-electron chi connectivity index (χ0n) is 17.5. The molecule has 0 aliphatic rings. The van der Waals surface area contributed by atoms with Crippen molar-refractivity contribution < 1.29 is 14.3 Å². The molecule has 0 spiro atoms. The zero-order valence-corrected chi connectivity index (χ0v) is 18.3. The standard InChI is InChI=1S/C23H29ClN2O3/c1-5-20(23(28)25-6-2)26(14-18-11-7-8-12-19(18)24)22(27)15-29-21-13-9-10-16(3)17(21)4/h7-13,20H,5-6,14-15H2,1-4H3,(H,25,28)/t20-/m0/s1. The van der Waals surface area contributed by atoms with E-state index in [1.165, 1.54) is 0 Å². The van der Waals surface area contributed by atoms with E-state index in [4.69, 9.17) is 16.3 Å². The fraction of sp³-hybridized carbons (Fsp3) is 0.391. The third-order valence-electron chi connectivity index (χ3n) is 4.94. The Hall–Kier alpha value is -2.53. The van der Waals surface area contributed by atoms with Crippen LogP contribution in [0.4, 0.5) is 0 Å². The number of nitrogens with zero attached hydrogens (tertiary/aromatic N) is 1. The number of nitrogens with one attached hydrogen (secondary N) is 1. The third-order valence-corrected chi connectivity index (χ3v) is 5.31. The van der Waals surface area contributed by atoms with Gasteiger partial charge in [-0.05, 0) is 56.0 Å². The smallest absolute Gasteiger partial charge is 0.261 e. The molecule has 6 heteroatoms. The van der Waals surface area contributed by atoms with E-state index >= 15 is 0 Å². The predicted molar refractivity (Wildman–Crippen MR) is 116 cm³/mol. The van der Waals surface area contributed by atoms with Gasteiger partial charge in [0.1, 0.15) is 11.8 Å². The van der Waals surface area contributed by atoms with Crippen molar-refractivity contribution in [2.24, 2.45) is 0 Å². The van der Waals surface area contributed by atoms with Crippen LogP contribution in [0.5, 0.6) is 5.75 Å². The van der Waals surface area contributed by atoms with Crippen LogP contribution in [0.25, 0.3) is 0 Å². The Balaban J connectivity index is 2.24. The maximum absolute atomic E-state index is 13.1. The summed E-state index contributed by atoms with van der Waals surface area (Å²) in [5.41, 5.74) is 2.88. The molecule has 5 nitrogen and oxygen atoms in total. The Kier molecular flexibility index (Phi) is 8.52. The second kappa shape index (κ2) is 10.9. The Morgan fingerprint density at radius 2 is 1.83 bits per heavy atom. The van der Waals surface area contributed by atoms with Gasteiger partial charge in [-0.25, -0.2) is 0 Å². The van der Waals surface area contributed by atoms with Gasteiger partial charge in [0.2, 0.25) is 5.91 Å². The van der Waals surface area contributed by atoms with Crippen LogP contribution in [0.3, 0.4) is 0 Å². The van der Waals surface area contributed by atoms with Crippen molar-refractivity contribution in [3.05, 3.63) is 64.2 Å². The fourth-order valence-corrected chi connectivity index (χ4v) is 3.32. The third kappa shape index (κ3) is 5.97. The number of aryl methyl sites for hydroxylation is 1. The van der Waals surface area contributed by atoms with E-state index in [-0.39, 0.29) is 25.0 Å². The van der Waals surface area contributed by atoms with E-state index in [1.54, 1.807) is 11.0 Å². The highest BCUT2D eigenvalue weighted by Crippen LogP contribution is 2.22. The summed E-state index contributed by atoms with van der Waals surface area (Å²) >= 11 is 6.30. The average molecular weight is 417 g/mol. The van der Waals surface area contributed by atoms with Crippen LogP contribution >= 0.6 is 11.6 Å². The second-order valence-electron chi connectivity index (χ2n) is 6.92. The molecule has 2 rings (SSSR count). The number of benzene rings is 2.